The van der Waals surface area contributed by atoms with E-state index in [9.17, 15) is 4.39 Å². The molecule has 0 bridgehead atoms. The van der Waals surface area contributed by atoms with Crippen molar-refractivity contribution in [1.29, 1.82) is 0 Å². The van der Waals surface area contributed by atoms with Crippen LogP contribution in [0.5, 0.6) is 0 Å². The normalized spacial score (nSPS) is 17.8. The van der Waals surface area contributed by atoms with Crippen molar-refractivity contribution in [2.24, 2.45) is 11.7 Å². The molecule has 0 aliphatic heterocycles. The minimum atomic E-state index is -0.177. The van der Waals surface area contributed by atoms with Gasteiger partial charge in [0.2, 0.25) is 0 Å². The van der Waals surface area contributed by atoms with Gasteiger partial charge >= 0.3 is 0 Å². The molecule has 16 heavy (non-hydrogen) atoms. The molecule has 1 fully saturated rings. The molecular weight excluding hydrogens is 203 g/mol. The number of benzene rings is 1. The maximum Gasteiger partial charge on any atom is 0.123 e. The fraction of sp³-hybridized carbons (Fsp3) is 0.538. The summed E-state index contributed by atoms with van der Waals surface area (Å²) in [4.78, 5) is 2.28. The van der Waals surface area contributed by atoms with Crippen molar-refractivity contribution in [3.63, 3.8) is 0 Å². The van der Waals surface area contributed by atoms with Crippen LogP contribution in [0.4, 0.5) is 4.39 Å². The Labute approximate surface area is 96.2 Å². The van der Waals surface area contributed by atoms with Crippen LogP contribution in [0.15, 0.2) is 24.3 Å². The van der Waals surface area contributed by atoms with E-state index in [-0.39, 0.29) is 5.82 Å². The third kappa shape index (κ3) is 2.80. The molecule has 0 spiro atoms. The molecule has 0 heterocycles. The van der Waals surface area contributed by atoms with E-state index in [1.54, 1.807) is 0 Å². The topological polar surface area (TPSA) is 29.3 Å². The molecule has 0 amide bonds. The molecule has 2 rings (SSSR count). The predicted molar refractivity (Wildman–Crippen MR) is 63.4 cm³/mol. The van der Waals surface area contributed by atoms with Crippen LogP contribution in [0.2, 0.25) is 0 Å². The summed E-state index contributed by atoms with van der Waals surface area (Å²) in [6.45, 7) is 1.56. The Hall–Kier alpha value is -0.930. The molecule has 1 aliphatic carbocycles. The van der Waals surface area contributed by atoms with Crippen LogP contribution in [-0.2, 0) is 6.54 Å². The number of likely N-dealkylation sites (N-methyl/N-ethyl adjacent to an activating group) is 1. The Morgan fingerprint density at radius 3 is 2.50 bits per heavy atom. The Balaban J connectivity index is 1.94. The number of halogens is 1. The largest absolute Gasteiger partial charge is 0.329 e. The quantitative estimate of drug-likeness (QED) is 0.825. The maximum absolute atomic E-state index is 12.8. The Bertz CT molecular complexity index is 332. The summed E-state index contributed by atoms with van der Waals surface area (Å²) in [6, 6.07) is 7.18. The van der Waals surface area contributed by atoms with E-state index >= 15 is 0 Å². The molecule has 2 N–H and O–H groups in total. The van der Waals surface area contributed by atoms with Gasteiger partial charge in [0.1, 0.15) is 5.82 Å². The zero-order chi connectivity index (χ0) is 11.5. The smallest absolute Gasteiger partial charge is 0.123 e. The number of hydrogen-bond donors (Lipinski definition) is 1. The Kier molecular flexibility index (Phi) is 3.56. The summed E-state index contributed by atoms with van der Waals surface area (Å²) in [5.41, 5.74) is 6.93. The van der Waals surface area contributed by atoms with Crippen LogP contribution < -0.4 is 5.73 Å². The molecule has 1 saturated carbocycles. The minimum absolute atomic E-state index is 0.177. The highest BCUT2D eigenvalue weighted by Crippen LogP contribution is 2.34. The highest BCUT2D eigenvalue weighted by atomic mass is 19.1. The second-order valence-corrected chi connectivity index (χ2v) is 4.68. The zero-order valence-electron chi connectivity index (χ0n) is 9.70. The van der Waals surface area contributed by atoms with Crippen molar-refractivity contribution in [3.05, 3.63) is 35.6 Å². The van der Waals surface area contributed by atoms with Gasteiger partial charge in [0.15, 0.2) is 0 Å². The lowest BCUT2D eigenvalue weighted by Gasteiger charge is -2.26. The lowest BCUT2D eigenvalue weighted by Crippen LogP contribution is -2.39. The van der Waals surface area contributed by atoms with Gasteiger partial charge in [0.05, 0.1) is 0 Å². The van der Waals surface area contributed by atoms with Crippen LogP contribution >= 0.6 is 0 Å². The minimum Gasteiger partial charge on any atom is -0.329 e. The SMILES string of the molecule is CN(Cc1ccc(F)cc1)C(CN)C1CC1. The molecule has 1 unspecified atom stereocenters. The molecule has 0 radical (unpaired) electrons. The van der Waals surface area contributed by atoms with Gasteiger partial charge in [0, 0.05) is 19.1 Å². The molecule has 0 saturated heterocycles. The van der Waals surface area contributed by atoms with Crippen LogP contribution in [-0.4, -0.2) is 24.5 Å². The second kappa shape index (κ2) is 4.93. The van der Waals surface area contributed by atoms with E-state index in [1.807, 2.05) is 12.1 Å². The number of rotatable bonds is 5. The molecular formula is C13H19FN2. The van der Waals surface area contributed by atoms with Gasteiger partial charge in [0.25, 0.3) is 0 Å². The van der Waals surface area contributed by atoms with Gasteiger partial charge in [-0.2, -0.15) is 0 Å². The first-order valence-corrected chi connectivity index (χ1v) is 5.85. The fourth-order valence-corrected chi connectivity index (χ4v) is 2.21. The van der Waals surface area contributed by atoms with Crippen molar-refractivity contribution >= 4 is 0 Å². The summed E-state index contributed by atoms with van der Waals surface area (Å²) in [5, 5.41) is 0. The summed E-state index contributed by atoms with van der Waals surface area (Å²) >= 11 is 0. The molecule has 1 aromatic rings. The van der Waals surface area contributed by atoms with Gasteiger partial charge < -0.3 is 5.73 Å². The first-order valence-electron chi connectivity index (χ1n) is 5.85. The van der Waals surface area contributed by atoms with Crippen molar-refractivity contribution in [1.82, 2.24) is 4.90 Å². The van der Waals surface area contributed by atoms with E-state index in [2.05, 4.69) is 11.9 Å². The molecule has 0 aromatic heterocycles. The van der Waals surface area contributed by atoms with Gasteiger partial charge in [-0.1, -0.05) is 12.1 Å². The van der Waals surface area contributed by atoms with Crippen LogP contribution in [0.1, 0.15) is 18.4 Å². The van der Waals surface area contributed by atoms with E-state index < -0.39 is 0 Å². The predicted octanol–water partition coefficient (Wildman–Crippen LogP) is 1.99. The van der Waals surface area contributed by atoms with E-state index in [1.165, 1.54) is 25.0 Å². The van der Waals surface area contributed by atoms with E-state index in [0.717, 1.165) is 18.0 Å². The highest BCUT2D eigenvalue weighted by molar-refractivity contribution is 5.16. The zero-order valence-corrected chi connectivity index (χ0v) is 9.70. The van der Waals surface area contributed by atoms with Gasteiger partial charge in [-0.25, -0.2) is 4.39 Å². The number of nitrogens with zero attached hydrogens (tertiary/aromatic N) is 1. The van der Waals surface area contributed by atoms with Gasteiger partial charge in [-0.3, -0.25) is 4.90 Å². The molecule has 88 valence electrons. The summed E-state index contributed by atoms with van der Waals surface area (Å²) in [7, 11) is 2.10. The average Bonchev–Trinajstić information content (AvgIpc) is 3.07. The highest BCUT2D eigenvalue weighted by Gasteiger charge is 2.32. The van der Waals surface area contributed by atoms with Crippen LogP contribution in [0.3, 0.4) is 0 Å². The van der Waals surface area contributed by atoms with E-state index in [4.69, 9.17) is 5.73 Å². The van der Waals surface area contributed by atoms with Crippen LogP contribution in [0.25, 0.3) is 0 Å². The van der Waals surface area contributed by atoms with Crippen molar-refractivity contribution in [2.45, 2.75) is 25.4 Å². The van der Waals surface area contributed by atoms with Gasteiger partial charge in [-0.05, 0) is 43.5 Å². The second-order valence-electron chi connectivity index (χ2n) is 4.68. The van der Waals surface area contributed by atoms with Crippen molar-refractivity contribution in [3.8, 4) is 0 Å². The summed E-state index contributed by atoms with van der Waals surface area (Å²) in [5.74, 6) is 0.597. The third-order valence-electron chi connectivity index (χ3n) is 3.32. The standard InChI is InChI=1S/C13H19FN2/c1-16(13(8-15)11-4-5-11)9-10-2-6-12(14)7-3-10/h2-3,6-7,11,13H,4-5,8-9,15H2,1H3. The monoisotopic (exact) mass is 222 g/mol. The first kappa shape index (κ1) is 11.6. The molecule has 1 aliphatic rings. The Morgan fingerprint density at radius 2 is 2.00 bits per heavy atom. The fourth-order valence-electron chi connectivity index (χ4n) is 2.21. The van der Waals surface area contributed by atoms with Gasteiger partial charge in [-0.15, -0.1) is 0 Å². The summed E-state index contributed by atoms with van der Waals surface area (Å²) in [6.07, 6.45) is 2.60. The molecule has 2 nitrogen and oxygen atoms in total. The molecule has 1 atom stereocenters. The van der Waals surface area contributed by atoms with Crippen molar-refractivity contribution in [2.75, 3.05) is 13.6 Å². The van der Waals surface area contributed by atoms with E-state index in [0.29, 0.717) is 12.6 Å². The number of hydrogen-bond acceptors (Lipinski definition) is 2. The summed E-state index contributed by atoms with van der Waals surface area (Å²) < 4.78 is 12.8. The Morgan fingerprint density at radius 1 is 1.38 bits per heavy atom. The van der Waals surface area contributed by atoms with Crippen LogP contribution in [0, 0.1) is 11.7 Å². The lowest BCUT2D eigenvalue weighted by molar-refractivity contribution is 0.215. The lowest BCUT2D eigenvalue weighted by atomic mass is 10.1. The maximum atomic E-state index is 12.8. The first-order chi connectivity index (χ1) is 7.70. The third-order valence-corrected chi connectivity index (χ3v) is 3.32. The molecule has 3 heteroatoms. The van der Waals surface area contributed by atoms with Crippen molar-refractivity contribution < 1.29 is 4.39 Å². The average molecular weight is 222 g/mol. The molecule has 1 aromatic carbocycles. The number of nitrogens with two attached hydrogens (primary N) is 1.